The van der Waals surface area contributed by atoms with Gasteiger partial charge in [0.2, 0.25) is 5.91 Å². The first-order valence-electron chi connectivity index (χ1n) is 25.9. The molecular weight excluding hydrogens is 743 g/mol. The van der Waals surface area contributed by atoms with E-state index in [0.29, 0.717) is 19.3 Å². The summed E-state index contributed by atoms with van der Waals surface area (Å²) in [6.07, 6.45) is 57.3. The highest BCUT2D eigenvalue weighted by Crippen LogP contribution is 2.17. The quantitative estimate of drug-likeness (QED) is 0.0322. The highest BCUT2D eigenvalue weighted by molar-refractivity contribution is 5.77. The zero-order valence-corrected chi connectivity index (χ0v) is 39.8. The van der Waals surface area contributed by atoms with Gasteiger partial charge in [-0.05, 0) is 89.9 Å². The largest absolute Gasteiger partial charge is 0.462 e. The molecule has 0 saturated heterocycles. The molecule has 6 nitrogen and oxygen atoms in total. The molecule has 6 heteroatoms. The third-order valence-corrected chi connectivity index (χ3v) is 11.6. The predicted octanol–water partition coefficient (Wildman–Crippen LogP) is 15.5. The van der Waals surface area contributed by atoms with Crippen molar-refractivity contribution in [1.29, 1.82) is 0 Å². The average molecular weight is 842 g/mol. The van der Waals surface area contributed by atoms with Crippen molar-refractivity contribution < 1.29 is 24.5 Å². The van der Waals surface area contributed by atoms with E-state index >= 15 is 0 Å². The van der Waals surface area contributed by atoms with Gasteiger partial charge in [-0.3, -0.25) is 9.59 Å². The molecule has 0 rings (SSSR count). The lowest BCUT2D eigenvalue weighted by molar-refractivity contribution is -0.151. The molecule has 0 aromatic heterocycles. The fourth-order valence-corrected chi connectivity index (χ4v) is 7.67. The molecule has 0 aromatic rings. The number of hydrogen-bond donors (Lipinski definition) is 3. The minimum Gasteiger partial charge on any atom is -0.462 e. The maximum absolute atomic E-state index is 13.2. The number of ether oxygens (including phenoxy) is 1. The van der Waals surface area contributed by atoms with Crippen LogP contribution in [0.1, 0.15) is 258 Å². The van der Waals surface area contributed by atoms with E-state index in [9.17, 15) is 19.8 Å². The van der Waals surface area contributed by atoms with Gasteiger partial charge in [-0.2, -0.15) is 0 Å². The van der Waals surface area contributed by atoms with Gasteiger partial charge < -0.3 is 20.3 Å². The van der Waals surface area contributed by atoms with Crippen molar-refractivity contribution in [3.05, 3.63) is 48.6 Å². The molecule has 0 aliphatic carbocycles. The van der Waals surface area contributed by atoms with Crippen LogP contribution in [0.3, 0.4) is 0 Å². The van der Waals surface area contributed by atoms with Gasteiger partial charge in [0.25, 0.3) is 0 Å². The molecule has 3 unspecified atom stereocenters. The van der Waals surface area contributed by atoms with Crippen LogP contribution in [0.2, 0.25) is 0 Å². The minimum atomic E-state index is -0.794. The number of nitrogens with one attached hydrogen (secondary N) is 1. The Morgan fingerprint density at radius 2 is 0.850 bits per heavy atom. The van der Waals surface area contributed by atoms with E-state index in [-0.39, 0.29) is 24.9 Å². The Morgan fingerprint density at radius 3 is 1.33 bits per heavy atom. The lowest BCUT2D eigenvalue weighted by atomic mass is 10.0. The normalized spacial score (nSPS) is 13.6. The van der Waals surface area contributed by atoms with Gasteiger partial charge in [-0.1, -0.05) is 204 Å². The Hall–Kier alpha value is -2.18. The smallest absolute Gasteiger partial charge is 0.306 e. The molecule has 1 amide bonds. The maximum atomic E-state index is 13.2. The Kier molecular flexibility index (Phi) is 46.1. The number of aliphatic hydroxyl groups is 2. The van der Waals surface area contributed by atoms with Crippen molar-refractivity contribution in [3.63, 3.8) is 0 Å². The van der Waals surface area contributed by atoms with E-state index in [2.05, 4.69) is 74.7 Å². The first-order chi connectivity index (χ1) is 29.5. The summed E-state index contributed by atoms with van der Waals surface area (Å²) in [4.78, 5) is 26.1. The van der Waals surface area contributed by atoms with Crippen LogP contribution in [0.5, 0.6) is 0 Å². The molecule has 0 radical (unpaired) electrons. The number of amides is 1. The second-order valence-electron chi connectivity index (χ2n) is 17.6. The molecule has 350 valence electrons. The fourth-order valence-electron chi connectivity index (χ4n) is 7.67. The summed E-state index contributed by atoms with van der Waals surface area (Å²) in [6.45, 7) is 6.42. The van der Waals surface area contributed by atoms with Gasteiger partial charge in [0.1, 0.15) is 6.10 Å². The third kappa shape index (κ3) is 42.5. The van der Waals surface area contributed by atoms with Crippen LogP contribution in [0.4, 0.5) is 0 Å². The predicted molar refractivity (Wildman–Crippen MR) is 259 cm³/mol. The Bertz CT molecular complexity index is 1040. The second kappa shape index (κ2) is 47.9. The lowest BCUT2D eigenvalue weighted by Gasteiger charge is -2.24. The standard InChI is InChI=1S/C54H99NO5/c1-4-7-10-13-16-19-22-25-26-27-28-29-30-33-36-39-42-45-50(60-54(59)47-44-41-38-35-32-24-21-18-15-12-9-6-3)48-53(58)55-51(49-56)52(57)46-43-40-37-34-31-23-20-17-14-11-8-5-2/h16,18-19,21,25-26,28-29,50-52,56-57H,4-15,17,20,22-24,27,30-49H2,1-3H3,(H,55,58)/b19-16-,21-18-,26-25-,29-28-. The molecule has 0 aliphatic heterocycles. The molecule has 0 fully saturated rings. The average Bonchev–Trinajstić information content (AvgIpc) is 3.24. The molecule has 0 spiro atoms. The second-order valence-corrected chi connectivity index (χ2v) is 17.6. The van der Waals surface area contributed by atoms with Crippen LogP contribution in [-0.2, 0) is 14.3 Å². The Morgan fingerprint density at radius 1 is 0.483 bits per heavy atom. The van der Waals surface area contributed by atoms with Crippen molar-refractivity contribution in [3.8, 4) is 0 Å². The summed E-state index contributed by atoms with van der Waals surface area (Å²) in [6, 6.07) is -0.709. The molecule has 3 N–H and O–H groups in total. The first kappa shape index (κ1) is 57.8. The van der Waals surface area contributed by atoms with Gasteiger partial charge in [0.15, 0.2) is 0 Å². The molecular formula is C54H99NO5. The van der Waals surface area contributed by atoms with Gasteiger partial charge in [-0.15, -0.1) is 0 Å². The van der Waals surface area contributed by atoms with E-state index in [4.69, 9.17) is 4.74 Å². The van der Waals surface area contributed by atoms with Crippen LogP contribution in [0.25, 0.3) is 0 Å². The summed E-state index contributed by atoms with van der Waals surface area (Å²) in [5, 5.41) is 23.7. The summed E-state index contributed by atoms with van der Waals surface area (Å²) in [5.74, 6) is -0.502. The van der Waals surface area contributed by atoms with Crippen molar-refractivity contribution in [2.75, 3.05) is 6.61 Å². The summed E-state index contributed by atoms with van der Waals surface area (Å²) >= 11 is 0. The van der Waals surface area contributed by atoms with E-state index in [0.717, 1.165) is 89.9 Å². The van der Waals surface area contributed by atoms with Crippen LogP contribution in [0, 0.1) is 0 Å². The van der Waals surface area contributed by atoms with Crippen molar-refractivity contribution in [1.82, 2.24) is 5.32 Å². The van der Waals surface area contributed by atoms with Crippen molar-refractivity contribution >= 4 is 11.9 Å². The Balaban J connectivity index is 4.64. The molecule has 0 aliphatic rings. The zero-order chi connectivity index (χ0) is 43.8. The van der Waals surface area contributed by atoms with Crippen LogP contribution in [0.15, 0.2) is 48.6 Å². The number of aliphatic hydroxyl groups excluding tert-OH is 2. The van der Waals surface area contributed by atoms with E-state index < -0.39 is 18.2 Å². The number of carbonyl (C=O) groups excluding carboxylic acids is 2. The number of carbonyl (C=O) groups is 2. The summed E-state index contributed by atoms with van der Waals surface area (Å²) in [7, 11) is 0. The number of rotatable bonds is 46. The molecule has 0 bridgehead atoms. The lowest BCUT2D eigenvalue weighted by Crippen LogP contribution is -2.46. The monoisotopic (exact) mass is 842 g/mol. The van der Waals surface area contributed by atoms with E-state index in [1.54, 1.807) is 0 Å². The minimum absolute atomic E-state index is 0.0600. The Labute approximate surface area is 372 Å². The van der Waals surface area contributed by atoms with E-state index in [1.807, 2.05) is 0 Å². The molecule has 0 saturated carbocycles. The van der Waals surface area contributed by atoms with Gasteiger partial charge in [-0.25, -0.2) is 0 Å². The van der Waals surface area contributed by atoms with Gasteiger partial charge in [0, 0.05) is 6.42 Å². The summed E-state index contributed by atoms with van der Waals surface area (Å²) < 4.78 is 5.92. The van der Waals surface area contributed by atoms with Crippen molar-refractivity contribution in [2.45, 2.75) is 277 Å². The van der Waals surface area contributed by atoms with E-state index in [1.165, 1.54) is 122 Å². The third-order valence-electron chi connectivity index (χ3n) is 11.6. The van der Waals surface area contributed by atoms with Crippen LogP contribution >= 0.6 is 0 Å². The summed E-state index contributed by atoms with van der Waals surface area (Å²) in [5.41, 5.74) is 0. The van der Waals surface area contributed by atoms with Crippen LogP contribution in [-0.4, -0.2) is 46.9 Å². The van der Waals surface area contributed by atoms with Crippen molar-refractivity contribution in [2.24, 2.45) is 0 Å². The number of unbranched alkanes of at least 4 members (excludes halogenated alkanes) is 26. The SMILES string of the molecule is CCCCC/C=C\C/C=C\C/C=C\CCCCCCC(CC(=O)NC(CO)C(O)CCCCCCCCCCCCCC)OC(=O)CCCCCCC/C=C\CCCCC. The highest BCUT2D eigenvalue weighted by atomic mass is 16.5. The highest BCUT2D eigenvalue weighted by Gasteiger charge is 2.24. The zero-order valence-electron chi connectivity index (χ0n) is 39.8. The molecule has 0 aromatic carbocycles. The molecule has 0 heterocycles. The maximum Gasteiger partial charge on any atom is 0.306 e. The topological polar surface area (TPSA) is 95.9 Å². The fraction of sp³-hybridized carbons (Fsp3) is 0.815. The van der Waals surface area contributed by atoms with Crippen LogP contribution < -0.4 is 5.32 Å². The van der Waals surface area contributed by atoms with Gasteiger partial charge in [0.05, 0.1) is 25.2 Å². The molecule has 3 atom stereocenters. The number of esters is 1. The van der Waals surface area contributed by atoms with Gasteiger partial charge >= 0.3 is 5.97 Å². The number of allylic oxidation sites excluding steroid dienone is 8. The number of hydrogen-bond acceptors (Lipinski definition) is 5. The molecule has 60 heavy (non-hydrogen) atoms. The first-order valence-corrected chi connectivity index (χ1v) is 25.9.